The van der Waals surface area contributed by atoms with Crippen LogP contribution in [0.5, 0.6) is 0 Å². The van der Waals surface area contributed by atoms with Crippen LogP contribution in [0.1, 0.15) is 37.0 Å². The number of hydrogen-bond donors (Lipinski definition) is 1. The van der Waals surface area contributed by atoms with E-state index >= 15 is 0 Å². The van der Waals surface area contributed by atoms with Crippen LogP contribution < -0.4 is 5.32 Å². The van der Waals surface area contributed by atoms with Gasteiger partial charge < -0.3 is 19.7 Å². The van der Waals surface area contributed by atoms with Crippen molar-refractivity contribution in [2.75, 3.05) is 39.4 Å². The molecule has 1 N–H and O–H groups in total. The summed E-state index contributed by atoms with van der Waals surface area (Å²) in [7, 11) is 1.93. The lowest BCUT2D eigenvalue weighted by Gasteiger charge is -2.34. The molecule has 0 radical (unpaired) electrons. The van der Waals surface area contributed by atoms with E-state index in [1.54, 1.807) is 0 Å². The highest BCUT2D eigenvalue weighted by molar-refractivity contribution is 14.0. The molecule has 2 heterocycles. The molecule has 0 bridgehead atoms. The Morgan fingerprint density at radius 3 is 2.87 bits per heavy atom. The van der Waals surface area contributed by atoms with Crippen LogP contribution in [0.3, 0.4) is 0 Å². The van der Waals surface area contributed by atoms with Gasteiger partial charge in [0.2, 0.25) is 0 Å². The van der Waals surface area contributed by atoms with Gasteiger partial charge in [0.15, 0.2) is 5.96 Å². The van der Waals surface area contributed by atoms with Crippen molar-refractivity contribution in [1.29, 1.82) is 0 Å². The number of rotatable bonds is 9. The second-order valence-corrected chi connectivity index (χ2v) is 7.23. The zero-order valence-corrected chi connectivity index (χ0v) is 20.3. The largest absolute Gasteiger partial charge is 0.377 e. The van der Waals surface area contributed by atoms with E-state index < -0.39 is 0 Å². The van der Waals surface area contributed by atoms with Crippen molar-refractivity contribution in [3.8, 4) is 0 Å². The molecule has 7 nitrogen and oxygen atoms in total. The van der Waals surface area contributed by atoms with Crippen molar-refractivity contribution < 1.29 is 9.47 Å². The lowest BCUT2D eigenvalue weighted by atomic mass is 10.1. The Bertz CT molecular complexity index is 753. The predicted molar refractivity (Wildman–Crippen MR) is 130 cm³/mol. The molecule has 0 saturated carbocycles. The molecule has 0 amide bonds. The van der Waals surface area contributed by atoms with E-state index in [9.17, 15) is 0 Å². The number of aryl methyl sites for hydroxylation is 1. The minimum absolute atomic E-state index is 0. The molecule has 1 aromatic heterocycles. The fraction of sp³-hybridized carbons (Fsp3) is 0.545. The maximum atomic E-state index is 5.95. The van der Waals surface area contributed by atoms with Gasteiger partial charge in [0.1, 0.15) is 6.10 Å². The number of unbranched alkanes of at least 4 members (excludes halogenated alkanes) is 1. The zero-order chi connectivity index (χ0) is 20.3. The number of aliphatic imine (C=N–C) groups is 1. The number of morpholine rings is 1. The first-order valence-electron chi connectivity index (χ1n) is 10.5. The van der Waals surface area contributed by atoms with Gasteiger partial charge in [-0.25, -0.2) is 0 Å². The summed E-state index contributed by atoms with van der Waals surface area (Å²) in [5, 5.41) is 7.68. The Morgan fingerprint density at radius 1 is 1.30 bits per heavy atom. The smallest absolute Gasteiger partial charge is 0.194 e. The summed E-state index contributed by atoms with van der Waals surface area (Å²) >= 11 is 0. The highest BCUT2D eigenvalue weighted by atomic mass is 127. The molecule has 3 rings (SSSR count). The Balaban J connectivity index is 0.00000320. The highest BCUT2D eigenvalue weighted by Gasteiger charge is 2.25. The first kappa shape index (κ1) is 24.6. The maximum absolute atomic E-state index is 5.95. The third kappa shape index (κ3) is 7.88. The molecule has 2 aromatic rings. The predicted octanol–water partition coefficient (Wildman–Crippen LogP) is 3.37. The van der Waals surface area contributed by atoms with Crippen LogP contribution in [0.15, 0.2) is 47.7 Å². The van der Waals surface area contributed by atoms with Crippen LogP contribution >= 0.6 is 24.0 Å². The maximum Gasteiger partial charge on any atom is 0.194 e. The minimum Gasteiger partial charge on any atom is -0.377 e. The number of guanidine groups is 1. The molecule has 0 spiro atoms. The summed E-state index contributed by atoms with van der Waals surface area (Å²) in [5.74, 6) is 0.967. The molecule has 1 aromatic carbocycles. The highest BCUT2D eigenvalue weighted by Crippen LogP contribution is 2.21. The van der Waals surface area contributed by atoms with Crippen molar-refractivity contribution in [3.05, 3.63) is 53.9 Å². The van der Waals surface area contributed by atoms with Gasteiger partial charge in [0.25, 0.3) is 0 Å². The van der Waals surface area contributed by atoms with Gasteiger partial charge in [0.05, 0.1) is 26.0 Å². The number of nitrogens with one attached hydrogen (secondary N) is 1. The van der Waals surface area contributed by atoms with Gasteiger partial charge in [-0.05, 0) is 25.3 Å². The van der Waals surface area contributed by atoms with Crippen LogP contribution in [-0.2, 0) is 23.1 Å². The first-order valence-corrected chi connectivity index (χ1v) is 10.5. The molecule has 1 aliphatic rings. The van der Waals surface area contributed by atoms with E-state index in [1.165, 1.54) is 5.56 Å². The van der Waals surface area contributed by atoms with E-state index in [2.05, 4.69) is 34.4 Å². The molecular weight excluding hydrogens is 493 g/mol. The topological polar surface area (TPSA) is 63.9 Å². The quantitative estimate of drug-likeness (QED) is 0.235. The second kappa shape index (κ2) is 13.6. The Morgan fingerprint density at radius 2 is 2.13 bits per heavy atom. The van der Waals surface area contributed by atoms with Gasteiger partial charge in [-0.1, -0.05) is 30.3 Å². The van der Waals surface area contributed by atoms with Crippen LogP contribution in [0.4, 0.5) is 0 Å². The van der Waals surface area contributed by atoms with E-state index in [1.807, 2.05) is 42.3 Å². The number of halogens is 1. The molecule has 30 heavy (non-hydrogen) atoms. The Hall–Kier alpha value is -1.65. The molecular formula is C22H34IN5O2. The van der Waals surface area contributed by atoms with Crippen molar-refractivity contribution in [1.82, 2.24) is 20.0 Å². The molecule has 1 saturated heterocycles. The third-order valence-corrected chi connectivity index (χ3v) is 4.87. The van der Waals surface area contributed by atoms with E-state index in [-0.39, 0.29) is 30.1 Å². The molecule has 1 unspecified atom stereocenters. The molecule has 1 fully saturated rings. The van der Waals surface area contributed by atoms with Crippen molar-refractivity contribution in [3.63, 3.8) is 0 Å². The molecule has 166 valence electrons. The lowest BCUT2D eigenvalue weighted by Crippen LogP contribution is -2.48. The summed E-state index contributed by atoms with van der Waals surface area (Å²) in [4.78, 5) is 7.11. The Labute approximate surface area is 196 Å². The average Bonchev–Trinajstić information content (AvgIpc) is 3.19. The van der Waals surface area contributed by atoms with Gasteiger partial charge in [-0.2, -0.15) is 5.10 Å². The van der Waals surface area contributed by atoms with Crippen LogP contribution in [0.25, 0.3) is 0 Å². The van der Waals surface area contributed by atoms with Crippen molar-refractivity contribution in [2.45, 2.75) is 32.5 Å². The van der Waals surface area contributed by atoms with Gasteiger partial charge in [-0.15, -0.1) is 24.0 Å². The molecule has 1 atom stereocenters. The fourth-order valence-electron chi connectivity index (χ4n) is 3.34. The van der Waals surface area contributed by atoms with Crippen molar-refractivity contribution >= 4 is 29.9 Å². The number of nitrogens with zero attached hydrogens (tertiary/aromatic N) is 4. The summed E-state index contributed by atoms with van der Waals surface area (Å²) in [6.45, 7) is 7.53. The van der Waals surface area contributed by atoms with Gasteiger partial charge in [-0.3, -0.25) is 9.67 Å². The number of hydrogen-bond acceptors (Lipinski definition) is 4. The van der Waals surface area contributed by atoms with Crippen LogP contribution in [-0.4, -0.2) is 60.0 Å². The van der Waals surface area contributed by atoms with Gasteiger partial charge >= 0.3 is 0 Å². The van der Waals surface area contributed by atoms with Crippen molar-refractivity contribution in [2.24, 2.45) is 12.0 Å². The van der Waals surface area contributed by atoms with Gasteiger partial charge in [0, 0.05) is 45.0 Å². The summed E-state index contributed by atoms with van der Waals surface area (Å²) in [5.41, 5.74) is 2.33. The summed E-state index contributed by atoms with van der Waals surface area (Å²) in [6.07, 6.45) is 5.96. The zero-order valence-electron chi connectivity index (χ0n) is 18.0. The minimum atomic E-state index is 0. The normalized spacial score (nSPS) is 16.9. The van der Waals surface area contributed by atoms with E-state index in [0.717, 1.165) is 57.2 Å². The monoisotopic (exact) mass is 527 g/mol. The van der Waals surface area contributed by atoms with Crippen LogP contribution in [0.2, 0.25) is 0 Å². The average molecular weight is 527 g/mol. The third-order valence-electron chi connectivity index (χ3n) is 4.87. The van der Waals surface area contributed by atoms with E-state index in [0.29, 0.717) is 13.2 Å². The summed E-state index contributed by atoms with van der Waals surface area (Å²) < 4.78 is 13.5. The molecule has 1 aliphatic heterocycles. The molecule has 8 heteroatoms. The lowest BCUT2D eigenvalue weighted by molar-refractivity contribution is -0.00804. The number of benzene rings is 1. The first-order chi connectivity index (χ1) is 14.3. The van der Waals surface area contributed by atoms with Crippen LogP contribution in [0, 0.1) is 0 Å². The number of aromatic nitrogens is 2. The standard InChI is InChI=1S/C22H33N5O2.HI/c1-3-23-22(24-11-7-8-13-28-18-19-9-5-4-6-10-19)27-12-14-29-21(17-27)20-15-25-26(2)16-20;/h4-6,9-10,15-16,21H,3,7-8,11-14,17-18H2,1-2H3,(H,23,24);1H. The Kier molecular flexibility index (Phi) is 11.2. The van der Waals surface area contributed by atoms with E-state index in [4.69, 9.17) is 14.5 Å². The second-order valence-electron chi connectivity index (χ2n) is 7.23. The summed E-state index contributed by atoms with van der Waals surface area (Å²) in [6, 6.07) is 10.3. The SMILES string of the molecule is CCNC(=NCCCCOCc1ccccc1)N1CCOC(c2cnn(C)c2)C1.I. The number of ether oxygens (including phenoxy) is 2. The molecule has 0 aliphatic carbocycles. The fourth-order valence-corrected chi connectivity index (χ4v) is 3.34.